The number of hydrogen-bond donors (Lipinski definition) is 1. The highest BCUT2D eigenvalue weighted by molar-refractivity contribution is 7.89. The van der Waals surface area contributed by atoms with E-state index in [0.29, 0.717) is 23.9 Å². The molecule has 23 heavy (non-hydrogen) atoms. The molecule has 1 N–H and O–H groups in total. The van der Waals surface area contributed by atoms with Gasteiger partial charge in [-0.05, 0) is 30.7 Å². The molecule has 1 fully saturated rings. The van der Waals surface area contributed by atoms with Crippen molar-refractivity contribution in [3.05, 3.63) is 40.8 Å². The lowest BCUT2D eigenvalue weighted by Crippen LogP contribution is -2.37. The molecule has 1 saturated heterocycles. The number of carbonyl (C=O) groups is 1. The molecule has 1 aliphatic heterocycles. The largest absolute Gasteiger partial charge is 0.423 e. The first kappa shape index (κ1) is 15.7. The van der Waals surface area contributed by atoms with Gasteiger partial charge in [0.05, 0.1) is 4.90 Å². The molecule has 122 valence electrons. The summed E-state index contributed by atoms with van der Waals surface area (Å²) in [6.07, 6.45) is 0.585. The maximum Gasteiger partial charge on any atom is 0.336 e. The van der Waals surface area contributed by atoms with Gasteiger partial charge in [0.15, 0.2) is 0 Å². The minimum atomic E-state index is -3.65. The van der Waals surface area contributed by atoms with E-state index in [2.05, 4.69) is 5.32 Å². The first-order valence-electron chi connectivity index (χ1n) is 7.17. The minimum Gasteiger partial charge on any atom is -0.423 e. The third-order valence-electron chi connectivity index (χ3n) is 3.79. The third-order valence-corrected chi connectivity index (χ3v) is 5.65. The highest BCUT2D eigenvalue weighted by Crippen LogP contribution is 2.24. The average Bonchev–Trinajstić information content (AvgIpc) is 2.95. The summed E-state index contributed by atoms with van der Waals surface area (Å²) >= 11 is 0. The van der Waals surface area contributed by atoms with Gasteiger partial charge in [0, 0.05) is 37.5 Å². The van der Waals surface area contributed by atoms with Crippen molar-refractivity contribution in [3.63, 3.8) is 0 Å². The molecule has 1 aromatic carbocycles. The maximum atomic E-state index is 12.7. The highest BCUT2D eigenvalue weighted by Gasteiger charge is 2.32. The Kier molecular flexibility index (Phi) is 3.95. The van der Waals surface area contributed by atoms with Gasteiger partial charge in [-0.2, -0.15) is 4.31 Å². The predicted octanol–water partition coefficient (Wildman–Crippen LogP) is 0.692. The van der Waals surface area contributed by atoms with Gasteiger partial charge in [-0.15, -0.1) is 0 Å². The molecule has 1 unspecified atom stereocenters. The molecule has 7 nitrogen and oxygen atoms in total. The van der Waals surface area contributed by atoms with E-state index >= 15 is 0 Å². The second kappa shape index (κ2) is 5.78. The highest BCUT2D eigenvalue weighted by atomic mass is 32.2. The van der Waals surface area contributed by atoms with Crippen LogP contribution in [0.1, 0.15) is 13.3 Å². The molecule has 8 heteroatoms. The van der Waals surface area contributed by atoms with Crippen LogP contribution in [0.3, 0.4) is 0 Å². The van der Waals surface area contributed by atoms with Crippen LogP contribution in [0, 0.1) is 0 Å². The molecule has 0 saturated carbocycles. The number of nitrogens with zero attached hydrogens (tertiary/aromatic N) is 1. The number of hydrogen-bond acceptors (Lipinski definition) is 5. The summed E-state index contributed by atoms with van der Waals surface area (Å²) in [5.74, 6) is -0.171. The topological polar surface area (TPSA) is 96.7 Å². The Morgan fingerprint density at radius 1 is 1.30 bits per heavy atom. The fraction of sp³-hybridized carbons (Fsp3) is 0.333. The molecule has 1 aromatic heterocycles. The van der Waals surface area contributed by atoms with Crippen molar-refractivity contribution in [2.45, 2.75) is 24.3 Å². The average molecular weight is 336 g/mol. The molecule has 0 bridgehead atoms. The SMILES string of the molecule is CC(=O)NC1CCN(S(=O)(=O)c2ccc3oc(=O)ccc3c2)C1. The summed E-state index contributed by atoms with van der Waals surface area (Å²) in [7, 11) is -3.65. The van der Waals surface area contributed by atoms with E-state index in [0.717, 1.165) is 0 Å². The van der Waals surface area contributed by atoms with Gasteiger partial charge in [0.1, 0.15) is 5.58 Å². The second-order valence-corrected chi connectivity index (χ2v) is 7.44. The van der Waals surface area contributed by atoms with Gasteiger partial charge in [-0.3, -0.25) is 4.79 Å². The monoisotopic (exact) mass is 336 g/mol. The number of benzene rings is 1. The van der Waals surface area contributed by atoms with Crippen molar-refractivity contribution in [2.24, 2.45) is 0 Å². The maximum absolute atomic E-state index is 12.7. The Morgan fingerprint density at radius 2 is 2.09 bits per heavy atom. The van der Waals surface area contributed by atoms with Crippen LogP contribution >= 0.6 is 0 Å². The zero-order valence-corrected chi connectivity index (χ0v) is 13.3. The smallest absolute Gasteiger partial charge is 0.336 e. The quantitative estimate of drug-likeness (QED) is 0.832. The standard InChI is InChI=1S/C15H16N2O5S/c1-10(18)16-12-6-7-17(9-12)23(20,21)13-3-4-14-11(8-13)2-5-15(19)22-14/h2-5,8,12H,6-7,9H2,1H3,(H,16,18). The number of rotatable bonds is 3. The van der Waals surface area contributed by atoms with Gasteiger partial charge >= 0.3 is 5.63 Å². The Labute approximate surface area is 132 Å². The van der Waals surface area contributed by atoms with Crippen LogP contribution in [0.2, 0.25) is 0 Å². The summed E-state index contributed by atoms with van der Waals surface area (Å²) in [5.41, 5.74) is -0.139. The number of nitrogens with one attached hydrogen (secondary N) is 1. The first-order chi connectivity index (χ1) is 10.9. The Morgan fingerprint density at radius 3 is 2.83 bits per heavy atom. The van der Waals surface area contributed by atoms with E-state index in [1.165, 1.54) is 41.6 Å². The molecule has 0 spiro atoms. The molecular weight excluding hydrogens is 320 g/mol. The lowest BCUT2D eigenvalue weighted by atomic mass is 10.2. The van der Waals surface area contributed by atoms with E-state index in [9.17, 15) is 18.0 Å². The molecule has 1 amide bonds. The number of amides is 1. The fourth-order valence-electron chi connectivity index (χ4n) is 2.71. The number of fused-ring (bicyclic) bond motifs is 1. The van der Waals surface area contributed by atoms with Crippen molar-refractivity contribution in [1.29, 1.82) is 0 Å². The zero-order chi connectivity index (χ0) is 16.6. The Hall–Kier alpha value is -2.19. The summed E-state index contributed by atoms with van der Waals surface area (Å²) in [6, 6.07) is 7.00. The van der Waals surface area contributed by atoms with E-state index in [-0.39, 0.29) is 23.4 Å². The van der Waals surface area contributed by atoms with Gasteiger partial charge in [0.2, 0.25) is 15.9 Å². The van der Waals surface area contributed by atoms with Crippen molar-refractivity contribution >= 4 is 26.9 Å². The van der Waals surface area contributed by atoms with Gasteiger partial charge in [-0.1, -0.05) is 0 Å². The van der Waals surface area contributed by atoms with Crippen LogP contribution in [0.25, 0.3) is 11.0 Å². The zero-order valence-electron chi connectivity index (χ0n) is 12.5. The molecule has 2 heterocycles. The fourth-order valence-corrected chi connectivity index (χ4v) is 4.25. The van der Waals surface area contributed by atoms with E-state index in [4.69, 9.17) is 4.42 Å². The molecule has 0 radical (unpaired) electrons. The first-order valence-corrected chi connectivity index (χ1v) is 8.61. The van der Waals surface area contributed by atoms with Gasteiger partial charge in [0.25, 0.3) is 0 Å². The molecule has 2 aromatic rings. The Bertz CT molecular complexity index is 919. The summed E-state index contributed by atoms with van der Waals surface area (Å²) in [6.45, 7) is 2.02. The normalized spacial score (nSPS) is 19.1. The second-order valence-electron chi connectivity index (χ2n) is 5.50. The van der Waals surface area contributed by atoms with Crippen LogP contribution in [-0.4, -0.2) is 37.8 Å². The Balaban J connectivity index is 1.89. The van der Waals surface area contributed by atoms with Crippen molar-refractivity contribution in [1.82, 2.24) is 9.62 Å². The van der Waals surface area contributed by atoms with Crippen LogP contribution in [-0.2, 0) is 14.8 Å². The van der Waals surface area contributed by atoms with Crippen molar-refractivity contribution < 1.29 is 17.6 Å². The number of sulfonamides is 1. The molecule has 0 aliphatic carbocycles. The van der Waals surface area contributed by atoms with Crippen LogP contribution in [0.5, 0.6) is 0 Å². The van der Waals surface area contributed by atoms with Crippen LogP contribution in [0.15, 0.2) is 44.4 Å². The molecule has 1 aliphatic rings. The molecule has 3 rings (SSSR count). The number of carbonyl (C=O) groups excluding carboxylic acids is 1. The van der Waals surface area contributed by atoms with Crippen LogP contribution in [0.4, 0.5) is 0 Å². The van der Waals surface area contributed by atoms with Crippen LogP contribution < -0.4 is 10.9 Å². The lowest BCUT2D eigenvalue weighted by molar-refractivity contribution is -0.119. The van der Waals surface area contributed by atoms with E-state index < -0.39 is 15.6 Å². The molecule has 1 atom stereocenters. The van der Waals surface area contributed by atoms with Crippen molar-refractivity contribution in [2.75, 3.05) is 13.1 Å². The summed E-state index contributed by atoms with van der Waals surface area (Å²) in [5, 5.41) is 3.28. The summed E-state index contributed by atoms with van der Waals surface area (Å²) in [4.78, 5) is 22.4. The molecular formula is C15H16N2O5S. The van der Waals surface area contributed by atoms with E-state index in [1.807, 2.05) is 0 Å². The summed E-state index contributed by atoms with van der Waals surface area (Å²) < 4.78 is 31.8. The van der Waals surface area contributed by atoms with Gasteiger partial charge in [-0.25, -0.2) is 13.2 Å². The lowest BCUT2D eigenvalue weighted by Gasteiger charge is -2.17. The third kappa shape index (κ3) is 3.13. The van der Waals surface area contributed by atoms with Gasteiger partial charge < -0.3 is 9.73 Å². The van der Waals surface area contributed by atoms with E-state index in [1.54, 1.807) is 0 Å². The minimum absolute atomic E-state index is 0.141. The predicted molar refractivity (Wildman–Crippen MR) is 83.5 cm³/mol. The van der Waals surface area contributed by atoms with Crippen molar-refractivity contribution in [3.8, 4) is 0 Å².